The number of fused-ring (bicyclic) bond motifs is 1. The van der Waals surface area contributed by atoms with Gasteiger partial charge in [-0.3, -0.25) is 4.79 Å². The van der Waals surface area contributed by atoms with E-state index in [0.29, 0.717) is 11.8 Å². The molecule has 1 saturated carbocycles. The molecule has 2 nitrogen and oxygen atoms in total. The zero-order chi connectivity index (χ0) is 8.01. The molecule has 1 saturated heterocycles. The van der Waals surface area contributed by atoms with Gasteiger partial charge in [0, 0.05) is 5.92 Å². The maximum absolute atomic E-state index is 11.3. The Morgan fingerprint density at radius 1 is 1.36 bits per heavy atom. The molecule has 0 N–H and O–H groups in total. The molecule has 0 aromatic heterocycles. The van der Waals surface area contributed by atoms with E-state index < -0.39 is 0 Å². The van der Waals surface area contributed by atoms with Gasteiger partial charge < -0.3 is 4.74 Å². The predicted molar refractivity (Wildman–Crippen MR) is 40.9 cm³/mol. The number of carbonyl (C=O) groups excluding carboxylic acids is 1. The molecular weight excluding hydrogens is 140 g/mol. The van der Waals surface area contributed by atoms with Crippen LogP contribution in [-0.2, 0) is 9.53 Å². The van der Waals surface area contributed by atoms with Crippen molar-refractivity contribution in [2.45, 2.75) is 32.8 Å². The second-order valence-electron chi connectivity index (χ2n) is 3.89. The molecular formula is C9H14O2. The fraction of sp³-hybridized carbons (Fsp3) is 0.889. The molecule has 0 spiro atoms. The quantitative estimate of drug-likeness (QED) is 0.495. The molecule has 0 aromatic carbocycles. The van der Waals surface area contributed by atoms with Crippen LogP contribution >= 0.6 is 0 Å². The van der Waals surface area contributed by atoms with E-state index in [1.54, 1.807) is 0 Å². The summed E-state index contributed by atoms with van der Waals surface area (Å²) < 4.78 is 5.16. The minimum Gasteiger partial charge on any atom is -0.462 e. The van der Waals surface area contributed by atoms with Crippen molar-refractivity contribution in [3.8, 4) is 0 Å². The van der Waals surface area contributed by atoms with Crippen LogP contribution in [0.3, 0.4) is 0 Å². The van der Waals surface area contributed by atoms with Crippen LogP contribution in [0.5, 0.6) is 0 Å². The second-order valence-corrected chi connectivity index (χ2v) is 3.89. The SMILES string of the molecule is C[C@H]1CC[C@@H]2[C@H]1C(=O)O[C@@H]2C. The summed E-state index contributed by atoms with van der Waals surface area (Å²) in [5.74, 6) is 1.35. The number of hydrogen-bond acceptors (Lipinski definition) is 2. The van der Waals surface area contributed by atoms with E-state index in [4.69, 9.17) is 4.74 Å². The van der Waals surface area contributed by atoms with Crippen LogP contribution in [0.1, 0.15) is 26.7 Å². The van der Waals surface area contributed by atoms with E-state index >= 15 is 0 Å². The van der Waals surface area contributed by atoms with Gasteiger partial charge in [0.15, 0.2) is 0 Å². The Morgan fingerprint density at radius 3 is 2.73 bits per heavy atom. The Hall–Kier alpha value is -0.530. The highest BCUT2D eigenvalue weighted by Gasteiger charge is 2.48. The molecule has 2 fully saturated rings. The van der Waals surface area contributed by atoms with Gasteiger partial charge in [0.2, 0.25) is 0 Å². The molecule has 1 aliphatic heterocycles. The van der Waals surface area contributed by atoms with Crippen molar-refractivity contribution in [3.63, 3.8) is 0 Å². The van der Waals surface area contributed by atoms with Gasteiger partial charge in [-0.15, -0.1) is 0 Å². The first-order chi connectivity index (χ1) is 5.20. The smallest absolute Gasteiger partial charge is 0.309 e. The molecule has 1 heterocycles. The molecule has 2 rings (SSSR count). The van der Waals surface area contributed by atoms with Crippen molar-refractivity contribution in [1.29, 1.82) is 0 Å². The molecule has 11 heavy (non-hydrogen) atoms. The van der Waals surface area contributed by atoms with E-state index in [9.17, 15) is 4.79 Å². The van der Waals surface area contributed by atoms with Gasteiger partial charge in [-0.05, 0) is 25.7 Å². The third-order valence-corrected chi connectivity index (χ3v) is 3.21. The van der Waals surface area contributed by atoms with Crippen LogP contribution in [0.2, 0.25) is 0 Å². The van der Waals surface area contributed by atoms with Crippen LogP contribution in [0.25, 0.3) is 0 Å². The third kappa shape index (κ3) is 0.883. The standard InChI is InChI=1S/C9H14O2/c1-5-3-4-7-6(2)11-9(10)8(5)7/h5-8H,3-4H2,1-2H3/t5-,6+,7-,8-/m0/s1. The molecule has 0 unspecified atom stereocenters. The van der Waals surface area contributed by atoms with Crippen molar-refractivity contribution in [2.75, 3.05) is 0 Å². The van der Waals surface area contributed by atoms with Crippen LogP contribution < -0.4 is 0 Å². The summed E-state index contributed by atoms with van der Waals surface area (Å²) in [4.78, 5) is 11.3. The molecule has 0 amide bonds. The maximum Gasteiger partial charge on any atom is 0.309 e. The topological polar surface area (TPSA) is 26.3 Å². The lowest BCUT2D eigenvalue weighted by molar-refractivity contribution is -0.144. The largest absolute Gasteiger partial charge is 0.462 e. The summed E-state index contributed by atoms with van der Waals surface area (Å²) in [5, 5.41) is 0. The first-order valence-electron chi connectivity index (χ1n) is 4.40. The Labute approximate surface area is 66.9 Å². The lowest BCUT2D eigenvalue weighted by Crippen LogP contribution is -2.16. The van der Waals surface area contributed by atoms with Crippen molar-refractivity contribution in [1.82, 2.24) is 0 Å². The number of ether oxygens (including phenoxy) is 1. The van der Waals surface area contributed by atoms with Crippen LogP contribution in [-0.4, -0.2) is 12.1 Å². The lowest BCUT2D eigenvalue weighted by Gasteiger charge is -2.08. The molecule has 4 atom stereocenters. The Bertz CT molecular complexity index is 188. The molecule has 0 radical (unpaired) electrons. The van der Waals surface area contributed by atoms with Crippen molar-refractivity contribution < 1.29 is 9.53 Å². The van der Waals surface area contributed by atoms with Crippen molar-refractivity contribution in [3.05, 3.63) is 0 Å². The monoisotopic (exact) mass is 154 g/mol. The number of cyclic esters (lactones) is 1. The average Bonchev–Trinajstić information content (AvgIpc) is 2.41. The molecule has 0 aromatic rings. The fourth-order valence-corrected chi connectivity index (χ4v) is 2.52. The zero-order valence-corrected chi connectivity index (χ0v) is 7.04. The fourth-order valence-electron chi connectivity index (χ4n) is 2.52. The summed E-state index contributed by atoms with van der Waals surface area (Å²) in [6.45, 7) is 4.17. The molecule has 62 valence electrons. The number of carbonyl (C=O) groups is 1. The molecule has 1 aliphatic carbocycles. The van der Waals surface area contributed by atoms with E-state index in [1.165, 1.54) is 12.8 Å². The summed E-state index contributed by atoms with van der Waals surface area (Å²) in [6, 6.07) is 0. The number of rotatable bonds is 0. The van der Waals surface area contributed by atoms with Gasteiger partial charge in [0.05, 0.1) is 5.92 Å². The van der Waals surface area contributed by atoms with Crippen molar-refractivity contribution in [2.24, 2.45) is 17.8 Å². The second kappa shape index (κ2) is 2.23. The van der Waals surface area contributed by atoms with Crippen LogP contribution in [0.4, 0.5) is 0 Å². The van der Waals surface area contributed by atoms with Gasteiger partial charge in [-0.2, -0.15) is 0 Å². The first kappa shape index (κ1) is 7.14. The summed E-state index contributed by atoms with van der Waals surface area (Å²) in [6.07, 6.45) is 2.56. The van der Waals surface area contributed by atoms with Gasteiger partial charge in [-0.25, -0.2) is 0 Å². The highest BCUT2D eigenvalue weighted by Crippen LogP contribution is 2.44. The van der Waals surface area contributed by atoms with Crippen LogP contribution in [0.15, 0.2) is 0 Å². The Balaban J connectivity index is 2.22. The summed E-state index contributed by atoms with van der Waals surface area (Å²) in [5.41, 5.74) is 0. The van der Waals surface area contributed by atoms with Crippen LogP contribution in [0, 0.1) is 17.8 Å². The lowest BCUT2D eigenvalue weighted by atomic mass is 9.90. The van der Waals surface area contributed by atoms with Gasteiger partial charge in [0.25, 0.3) is 0 Å². The Kier molecular flexibility index (Phi) is 1.44. The summed E-state index contributed by atoms with van der Waals surface area (Å²) >= 11 is 0. The zero-order valence-electron chi connectivity index (χ0n) is 7.04. The van der Waals surface area contributed by atoms with E-state index in [0.717, 1.165) is 0 Å². The number of hydrogen-bond donors (Lipinski definition) is 0. The minimum atomic E-state index is 0.0486. The normalized spacial score (nSPS) is 49.1. The molecule has 2 aliphatic rings. The highest BCUT2D eigenvalue weighted by atomic mass is 16.6. The summed E-state index contributed by atoms with van der Waals surface area (Å²) in [7, 11) is 0. The predicted octanol–water partition coefficient (Wildman–Crippen LogP) is 1.59. The Morgan fingerprint density at radius 2 is 2.09 bits per heavy atom. The maximum atomic E-state index is 11.3. The average molecular weight is 154 g/mol. The number of esters is 1. The van der Waals surface area contributed by atoms with E-state index in [2.05, 4.69) is 6.92 Å². The van der Waals surface area contributed by atoms with E-state index in [-0.39, 0.29) is 18.0 Å². The molecule has 0 bridgehead atoms. The van der Waals surface area contributed by atoms with E-state index in [1.807, 2.05) is 6.92 Å². The highest BCUT2D eigenvalue weighted by molar-refractivity contribution is 5.76. The first-order valence-corrected chi connectivity index (χ1v) is 4.40. The van der Waals surface area contributed by atoms with Gasteiger partial charge in [0.1, 0.15) is 6.10 Å². The van der Waals surface area contributed by atoms with Gasteiger partial charge in [-0.1, -0.05) is 6.92 Å². The molecule has 2 heteroatoms. The van der Waals surface area contributed by atoms with Crippen molar-refractivity contribution >= 4 is 5.97 Å². The van der Waals surface area contributed by atoms with Gasteiger partial charge >= 0.3 is 5.97 Å². The third-order valence-electron chi connectivity index (χ3n) is 3.21. The minimum absolute atomic E-state index is 0.0486.